The molecule has 0 fully saturated rings. The van der Waals surface area contributed by atoms with Gasteiger partial charge in [-0.25, -0.2) is 13.8 Å². The molecule has 0 unspecified atom stereocenters. The Morgan fingerprint density at radius 2 is 2.00 bits per heavy atom. The summed E-state index contributed by atoms with van der Waals surface area (Å²) in [4.78, 5) is 13.8. The van der Waals surface area contributed by atoms with Crippen LogP contribution >= 0.6 is 15.9 Å². The van der Waals surface area contributed by atoms with Gasteiger partial charge in [0.1, 0.15) is 5.69 Å². The molecule has 1 rings (SSSR count). The summed E-state index contributed by atoms with van der Waals surface area (Å²) in [5.74, 6) is 0. The second kappa shape index (κ2) is 5.07. The van der Waals surface area contributed by atoms with Crippen LogP contribution in [0.2, 0.25) is 0 Å². The third kappa shape index (κ3) is 2.99. The Morgan fingerprint density at radius 3 is 2.35 bits per heavy atom. The first-order valence-corrected chi connectivity index (χ1v) is 5.33. The van der Waals surface area contributed by atoms with Crippen LogP contribution in [0.25, 0.3) is 0 Å². The SMILES string of the molecule is O=Cc1nc(CBr)c(C(F)(F)F)cc1C(F)F. The molecule has 0 aliphatic heterocycles. The minimum atomic E-state index is -4.79. The molecule has 1 heterocycles. The summed E-state index contributed by atoms with van der Waals surface area (Å²) in [6.07, 6.45) is -7.97. The van der Waals surface area contributed by atoms with Gasteiger partial charge in [0, 0.05) is 10.9 Å². The van der Waals surface area contributed by atoms with Crippen molar-refractivity contribution < 1.29 is 26.7 Å². The monoisotopic (exact) mass is 317 g/mol. The van der Waals surface area contributed by atoms with Crippen LogP contribution in [-0.2, 0) is 11.5 Å². The fraction of sp³-hybridized carbons (Fsp3) is 0.333. The first-order chi connectivity index (χ1) is 7.81. The highest BCUT2D eigenvalue weighted by atomic mass is 79.9. The maximum atomic E-state index is 12.5. The Labute approximate surface area is 101 Å². The minimum absolute atomic E-state index is 0.00775. The van der Waals surface area contributed by atoms with Gasteiger partial charge in [0.25, 0.3) is 6.43 Å². The van der Waals surface area contributed by atoms with Crippen LogP contribution in [0.1, 0.15) is 33.7 Å². The van der Waals surface area contributed by atoms with Crippen LogP contribution in [0.4, 0.5) is 22.0 Å². The quantitative estimate of drug-likeness (QED) is 0.483. The number of aromatic nitrogens is 1. The van der Waals surface area contributed by atoms with E-state index in [4.69, 9.17) is 0 Å². The molecule has 0 aliphatic carbocycles. The molecule has 1 aromatic heterocycles. The van der Waals surface area contributed by atoms with E-state index < -0.39 is 35.1 Å². The first kappa shape index (κ1) is 14.0. The number of aldehydes is 1. The molecule has 0 saturated carbocycles. The van der Waals surface area contributed by atoms with Gasteiger partial charge in [-0.3, -0.25) is 4.79 Å². The molecule has 0 amide bonds. The minimum Gasteiger partial charge on any atom is -0.296 e. The highest BCUT2D eigenvalue weighted by Crippen LogP contribution is 2.35. The average Bonchev–Trinajstić information content (AvgIpc) is 2.25. The van der Waals surface area contributed by atoms with Gasteiger partial charge in [-0.2, -0.15) is 13.2 Å². The van der Waals surface area contributed by atoms with E-state index in [1.54, 1.807) is 0 Å². The number of pyridine rings is 1. The summed E-state index contributed by atoms with van der Waals surface area (Å²) < 4.78 is 62.4. The molecule has 0 aromatic carbocycles. The zero-order chi connectivity index (χ0) is 13.2. The number of hydrogen-bond donors (Lipinski definition) is 0. The molecule has 0 N–H and O–H groups in total. The van der Waals surface area contributed by atoms with E-state index in [2.05, 4.69) is 20.9 Å². The van der Waals surface area contributed by atoms with E-state index >= 15 is 0 Å². The van der Waals surface area contributed by atoms with Crippen molar-refractivity contribution in [2.75, 3.05) is 0 Å². The summed E-state index contributed by atoms with van der Waals surface area (Å²) in [6.45, 7) is 0. The van der Waals surface area contributed by atoms with Crippen LogP contribution in [0, 0.1) is 0 Å². The van der Waals surface area contributed by atoms with Crippen molar-refractivity contribution in [3.05, 3.63) is 28.6 Å². The molecule has 8 heteroatoms. The number of carbonyl (C=O) groups excluding carboxylic acids is 1. The zero-order valence-corrected chi connectivity index (χ0v) is 9.65. The molecule has 0 radical (unpaired) electrons. The van der Waals surface area contributed by atoms with Gasteiger partial charge in [-0.1, -0.05) is 15.9 Å². The summed E-state index contributed by atoms with van der Waals surface area (Å²) in [5, 5.41) is -0.286. The lowest BCUT2D eigenvalue weighted by molar-refractivity contribution is -0.138. The Morgan fingerprint density at radius 1 is 1.41 bits per heavy atom. The van der Waals surface area contributed by atoms with Crippen LogP contribution in [0.3, 0.4) is 0 Å². The van der Waals surface area contributed by atoms with Gasteiger partial charge in [0.15, 0.2) is 6.29 Å². The van der Waals surface area contributed by atoms with Gasteiger partial charge >= 0.3 is 6.18 Å². The van der Waals surface area contributed by atoms with Crippen molar-refractivity contribution >= 4 is 22.2 Å². The van der Waals surface area contributed by atoms with Crippen molar-refractivity contribution in [2.45, 2.75) is 17.9 Å². The summed E-state index contributed by atoms with van der Waals surface area (Å²) in [5.41, 5.74) is -3.46. The largest absolute Gasteiger partial charge is 0.418 e. The molecular weight excluding hydrogens is 313 g/mol. The molecular formula is C9H5BrF5NO. The Bertz CT molecular complexity index is 432. The highest BCUT2D eigenvalue weighted by molar-refractivity contribution is 9.08. The standard InChI is InChI=1S/C9H5BrF5NO/c10-2-6-5(9(13,14)15)1-4(8(11)12)7(3-17)16-6/h1,3,8H,2H2. The van der Waals surface area contributed by atoms with E-state index in [0.717, 1.165) is 0 Å². The third-order valence-electron chi connectivity index (χ3n) is 1.94. The van der Waals surface area contributed by atoms with Crippen LogP contribution in [0.5, 0.6) is 0 Å². The Kier molecular flexibility index (Phi) is 4.18. The summed E-state index contributed by atoms with van der Waals surface area (Å²) >= 11 is 2.76. The second-order valence-electron chi connectivity index (χ2n) is 3.01. The van der Waals surface area contributed by atoms with Crippen LogP contribution < -0.4 is 0 Å². The number of halogens is 6. The molecule has 17 heavy (non-hydrogen) atoms. The predicted molar refractivity (Wildman–Crippen MR) is 52.2 cm³/mol. The number of hydrogen-bond acceptors (Lipinski definition) is 2. The van der Waals surface area contributed by atoms with Crippen molar-refractivity contribution in [1.29, 1.82) is 0 Å². The maximum Gasteiger partial charge on any atom is 0.418 e. The number of alkyl halides is 6. The van der Waals surface area contributed by atoms with Crippen LogP contribution in [-0.4, -0.2) is 11.3 Å². The van der Waals surface area contributed by atoms with E-state index in [0.29, 0.717) is 0 Å². The van der Waals surface area contributed by atoms with E-state index in [-0.39, 0.29) is 17.7 Å². The Balaban J connectivity index is 3.50. The molecule has 0 atom stereocenters. The normalized spacial score (nSPS) is 11.9. The van der Waals surface area contributed by atoms with Gasteiger partial charge < -0.3 is 0 Å². The molecule has 2 nitrogen and oxygen atoms in total. The van der Waals surface area contributed by atoms with Crippen molar-refractivity contribution in [1.82, 2.24) is 4.98 Å². The molecule has 1 aromatic rings. The van der Waals surface area contributed by atoms with Gasteiger partial charge in [0.05, 0.1) is 11.3 Å². The molecule has 0 saturated heterocycles. The lowest BCUT2D eigenvalue weighted by Crippen LogP contribution is -2.13. The lowest BCUT2D eigenvalue weighted by atomic mass is 10.1. The summed E-state index contributed by atoms with van der Waals surface area (Å²) in [6, 6.07) is 0.262. The van der Waals surface area contributed by atoms with Gasteiger partial charge in [-0.15, -0.1) is 0 Å². The van der Waals surface area contributed by atoms with Crippen molar-refractivity contribution in [2.24, 2.45) is 0 Å². The van der Waals surface area contributed by atoms with E-state index in [1.807, 2.05) is 0 Å². The topological polar surface area (TPSA) is 30.0 Å². The predicted octanol–water partition coefficient (Wildman–Crippen LogP) is 3.75. The fourth-order valence-corrected chi connectivity index (χ4v) is 1.63. The fourth-order valence-electron chi connectivity index (χ4n) is 1.20. The maximum absolute atomic E-state index is 12.5. The second-order valence-corrected chi connectivity index (χ2v) is 3.57. The number of rotatable bonds is 3. The molecule has 0 bridgehead atoms. The summed E-state index contributed by atoms with van der Waals surface area (Å²) in [7, 11) is 0. The lowest BCUT2D eigenvalue weighted by Gasteiger charge is -2.13. The highest BCUT2D eigenvalue weighted by Gasteiger charge is 2.35. The zero-order valence-electron chi connectivity index (χ0n) is 8.06. The van der Waals surface area contributed by atoms with Crippen LogP contribution in [0.15, 0.2) is 6.07 Å². The van der Waals surface area contributed by atoms with Crippen molar-refractivity contribution in [3.8, 4) is 0 Å². The van der Waals surface area contributed by atoms with Gasteiger partial charge in [0.2, 0.25) is 0 Å². The molecule has 0 aliphatic rings. The average molecular weight is 318 g/mol. The smallest absolute Gasteiger partial charge is 0.296 e. The number of carbonyl (C=O) groups is 1. The van der Waals surface area contributed by atoms with Crippen molar-refractivity contribution in [3.63, 3.8) is 0 Å². The third-order valence-corrected chi connectivity index (χ3v) is 2.47. The van der Waals surface area contributed by atoms with E-state index in [9.17, 15) is 26.7 Å². The number of nitrogens with zero attached hydrogens (tertiary/aromatic N) is 1. The molecule has 0 spiro atoms. The van der Waals surface area contributed by atoms with E-state index in [1.165, 1.54) is 0 Å². The van der Waals surface area contributed by atoms with Gasteiger partial charge in [-0.05, 0) is 6.07 Å². The first-order valence-electron chi connectivity index (χ1n) is 4.21. The Hall–Kier alpha value is -1.05. The molecule has 94 valence electrons.